The molecule has 0 aliphatic carbocycles. The summed E-state index contributed by atoms with van der Waals surface area (Å²) in [5.41, 5.74) is 9.79. The minimum atomic E-state index is 0.0992. The molecule has 2 saturated heterocycles. The average molecular weight is 597 g/mol. The van der Waals surface area contributed by atoms with E-state index in [-0.39, 0.29) is 21.9 Å². The van der Waals surface area contributed by atoms with Gasteiger partial charge in [0.1, 0.15) is 14.3 Å². The van der Waals surface area contributed by atoms with Crippen LogP contribution in [0.3, 0.4) is 0 Å². The molecule has 2 fully saturated rings. The molecule has 2 aliphatic rings. The first-order valence-corrected chi connectivity index (χ1v) is 18.0. The van der Waals surface area contributed by atoms with Gasteiger partial charge in [-0.2, -0.15) is 0 Å². The van der Waals surface area contributed by atoms with Crippen molar-refractivity contribution in [3.63, 3.8) is 0 Å². The third kappa shape index (κ3) is 6.27. The highest BCUT2D eigenvalue weighted by Crippen LogP contribution is 2.54. The molecular weight excluding hydrogens is 530 g/mol. The summed E-state index contributed by atoms with van der Waals surface area (Å²) in [6.07, 6.45) is 2.43. The molecule has 2 aromatic carbocycles. The number of hydrogen-bond acceptors (Lipinski definition) is 2. The Labute approximate surface area is 274 Å². The lowest BCUT2D eigenvalue weighted by Crippen LogP contribution is -2.55. The summed E-state index contributed by atoms with van der Waals surface area (Å²) in [5, 5.41) is 0. The summed E-state index contributed by atoms with van der Waals surface area (Å²) < 4.78 is 0. The lowest BCUT2D eigenvalue weighted by molar-refractivity contribution is 0.354. The summed E-state index contributed by atoms with van der Waals surface area (Å²) in [7, 11) is 2.42. The zero-order valence-electron chi connectivity index (χ0n) is 31.7. The lowest BCUT2D eigenvalue weighted by atomic mass is 9.28. The fourth-order valence-corrected chi connectivity index (χ4v) is 10.0. The maximum Gasteiger partial charge on any atom is 0.119 e. The molecule has 2 aromatic rings. The summed E-state index contributed by atoms with van der Waals surface area (Å²) in [6.45, 7) is 39.3. The Morgan fingerprint density at radius 2 is 0.750 bits per heavy atom. The molecule has 0 aromatic heterocycles. The van der Waals surface area contributed by atoms with Gasteiger partial charge in [-0.1, -0.05) is 119 Å². The molecule has 4 heteroatoms. The van der Waals surface area contributed by atoms with Crippen molar-refractivity contribution in [1.82, 2.24) is 0 Å². The van der Waals surface area contributed by atoms with Crippen LogP contribution < -0.4 is 9.80 Å². The quantitative estimate of drug-likeness (QED) is 0.266. The number of nitrogens with zero attached hydrogens (tertiary/aromatic N) is 2. The summed E-state index contributed by atoms with van der Waals surface area (Å²) >= 11 is 0. The topological polar surface area (TPSA) is 6.48 Å². The smallest absolute Gasteiger partial charge is 0.119 e. The second kappa shape index (κ2) is 12.1. The standard InChI is InChI=1S/C40H66B2N2/c1-25(2)29-19-17-20-30(26(3)4)33(29)43-35(37(9,10)23-39(43,13)14)41-42-36-38(11,12)24-40(15,16)44(36)34-31(27(5)6)21-18-22-32(34)28(7)8/h17-22,25-28,35-36,41-42H,23-24H2,1-16H3. The minimum Gasteiger partial charge on any atom is -0.371 e. The molecule has 2 aliphatic heterocycles. The van der Waals surface area contributed by atoms with Crippen LogP contribution in [0.15, 0.2) is 36.4 Å². The van der Waals surface area contributed by atoms with Gasteiger partial charge in [0, 0.05) is 22.5 Å². The normalized spacial score (nSPS) is 23.8. The van der Waals surface area contributed by atoms with E-state index >= 15 is 0 Å². The predicted octanol–water partition coefficient (Wildman–Crippen LogP) is 10.4. The number of anilines is 2. The molecule has 0 spiro atoms. The monoisotopic (exact) mass is 597 g/mol. The maximum atomic E-state index is 2.93. The third-order valence-corrected chi connectivity index (χ3v) is 11.4. The molecule has 2 atom stereocenters. The molecule has 0 amide bonds. The van der Waals surface area contributed by atoms with Crippen LogP contribution in [0.25, 0.3) is 0 Å². The first-order valence-electron chi connectivity index (χ1n) is 18.0. The van der Waals surface area contributed by atoms with E-state index in [1.165, 1.54) is 60.8 Å². The van der Waals surface area contributed by atoms with Gasteiger partial charge in [-0.3, -0.25) is 0 Å². The molecule has 0 bridgehead atoms. The van der Waals surface area contributed by atoms with Crippen molar-refractivity contribution in [2.75, 3.05) is 9.80 Å². The number of benzene rings is 2. The molecule has 2 heterocycles. The van der Waals surface area contributed by atoms with E-state index < -0.39 is 0 Å². The molecule has 2 nitrogen and oxygen atoms in total. The summed E-state index contributed by atoms with van der Waals surface area (Å²) in [5.74, 6) is 2.96. The average Bonchev–Trinajstić information content (AvgIpc) is 3.18. The Balaban J connectivity index is 1.84. The van der Waals surface area contributed by atoms with E-state index in [9.17, 15) is 0 Å². The van der Waals surface area contributed by atoms with Crippen LogP contribution in [0.2, 0.25) is 0 Å². The van der Waals surface area contributed by atoms with Crippen molar-refractivity contribution >= 4 is 25.7 Å². The van der Waals surface area contributed by atoms with Crippen molar-refractivity contribution in [3.05, 3.63) is 58.7 Å². The number of hydrogen-bond donors (Lipinski definition) is 0. The molecule has 242 valence electrons. The van der Waals surface area contributed by atoms with Crippen LogP contribution in [0.4, 0.5) is 11.4 Å². The largest absolute Gasteiger partial charge is 0.371 e. The van der Waals surface area contributed by atoms with Gasteiger partial charge in [0.05, 0.1) is 0 Å². The Morgan fingerprint density at radius 3 is 0.977 bits per heavy atom. The first kappa shape index (κ1) is 35.0. The van der Waals surface area contributed by atoms with Crippen LogP contribution in [0.1, 0.15) is 170 Å². The van der Waals surface area contributed by atoms with Gasteiger partial charge in [-0.25, -0.2) is 0 Å². The van der Waals surface area contributed by atoms with Gasteiger partial charge in [-0.05, 0) is 109 Å². The third-order valence-electron chi connectivity index (χ3n) is 11.4. The maximum absolute atomic E-state index is 2.93. The SMILES string of the molecule is CC(C)c1cccc(C(C)C)c1N1C(BBC2N(c3c(C(C)C)cccc3C(C)C)C(C)(C)CC2(C)C)C(C)(C)CC1(C)C. The van der Waals surface area contributed by atoms with Crippen molar-refractivity contribution in [2.24, 2.45) is 10.8 Å². The van der Waals surface area contributed by atoms with E-state index in [1.807, 2.05) is 0 Å². The molecule has 0 radical (unpaired) electrons. The van der Waals surface area contributed by atoms with Crippen molar-refractivity contribution in [2.45, 2.75) is 170 Å². The van der Waals surface area contributed by atoms with Crippen LogP contribution in [-0.4, -0.2) is 37.3 Å². The van der Waals surface area contributed by atoms with Gasteiger partial charge in [-0.15, -0.1) is 0 Å². The molecule has 0 N–H and O–H groups in total. The predicted molar refractivity (Wildman–Crippen MR) is 201 cm³/mol. The van der Waals surface area contributed by atoms with E-state index in [4.69, 9.17) is 0 Å². The van der Waals surface area contributed by atoms with Crippen LogP contribution in [-0.2, 0) is 0 Å². The minimum absolute atomic E-state index is 0.0992. The Morgan fingerprint density at radius 1 is 0.500 bits per heavy atom. The van der Waals surface area contributed by atoms with Crippen molar-refractivity contribution < 1.29 is 0 Å². The van der Waals surface area contributed by atoms with Crippen molar-refractivity contribution in [3.8, 4) is 0 Å². The highest BCUT2D eigenvalue weighted by molar-refractivity contribution is 7.02. The molecule has 4 rings (SSSR count). The van der Waals surface area contributed by atoms with E-state index in [1.54, 1.807) is 0 Å². The highest BCUT2D eigenvalue weighted by atomic mass is 15.3. The first-order chi connectivity index (χ1) is 20.1. The number of para-hydroxylation sites is 2. The van der Waals surface area contributed by atoms with Gasteiger partial charge in [0.15, 0.2) is 0 Å². The lowest BCUT2D eigenvalue weighted by Gasteiger charge is -2.45. The fraction of sp³-hybridized carbons (Fsp3) is 0.700. The van der Waals surface area contributed by atoms with E-state index in [2.05, 4.69) is 157 Å². The molecule has 44 heavy (non-hydrogen) atoms. The fourth-order valence-electron chi connectivity index (χ4n) is 10.0. The summed E-state index contributed by atoms with van der Waals surface area (Å²) in [4.78, 5) is 5.85. The second-order valence-corrected chi connectivity index (χ2v) is 18.5. The second-order valence-electron chi connectivity index (χ2n) is 18.5. The summed E-state index contributed by atoms with van der Waals surface area (Å²) in [6, 6.07) is 14.2. The van der Waals surface area contributed by atoms with E-state index in [0.29, 0.717) is 35.6 Å². The zero-order chi connectivity index (χ0) is 33.2. The zero-order valence-corrected chi connectivity index (χ0v) is 31.7. The Hall–Kier alpha value is -1.83. The van der Waals surface area contributed by atoms with Gasteiger partial charge in [0.25, 0.3) is 0 Å². The van der Waals surface area contributed by atoms with Crippen LogP contribution in [0.5, 0.6) is 0 Å². The van der Waals surface area contributed by atoms with Crippen LogP contribution in [0, 0.1) is 10.8 Å². The number of rotatable bonds is 9. The Kier molecular flexibility index (Phi) is 9.61. The van der Waals surface area contributed by atoms with Gasteiger partial charge < -0.3 is 9.80 Å². The molecule has 0 saturated carbocycles. The van der Waals surface area contributed by atoms with Gasteiger partial charge >= 0.3 is 0 Å². The molecule has 2 unspecified atom stereocenters. The Bertz CT molecular complexity index is 1160. The van der Waals surface area contributed by atoms with Crippen LogP contribution >= 0.6 is 0 Å². The van der Waals surface area contributed by atoms with E-state index in [0.717, 1.165) is 0 Å². The molecular formula is C40H66B2N2. The highest BCUT2D eigenvalue weighted by Gasteiger charge is 2.55. The van der Waals surface area contributed by atoms with Crippen molar-refractivity contribution in [1.29, 1.82) is 0 Å². The van der Waals surface area contributed by atoms with Gasteiger partial charge in [0.2, 0.25) is 0 Å².